The smallest absolute Gasteiger partial charge is 0.317 e. The molecule has 22 heavy (non-hydrogen) atoms. The zero-order chi connectivity index (χ0) is 15.2. The van der Waals surface area contributed by atoms with E-state index in [1.165, 1.54) is 19.3 Å². The first-order valence-corrected chi connectivity index (χ1v) is 8.43. The highest BCUT2D eigenvalue weighted by atomic mass is 16.5. The second-order valence-corrected chi connectivity index (χ2v) is 6.30. The number of piperidine rings is 1. The van der Waals surface area contributed by atoms with Gasteiger partial charge in [0.2, 0.25) is 0 Å². The maximum Gasteiger partial charge on any atom is 0.317 e. The fraction of sp³-hybridized carbons (Fsp3) is 0.647. The minimum atomic E-state index is 0.0771. The van der Waals surface area contributed by atoms with Gasteiger partial charge in [0.15, 0.2) is 0 Å². The fourth-order valence-electron chi connectivity index (χ4n) is 3.34. The summed E-state index contributed by atoms with van der Waals surface area (Å²) in [6.07, 6.45) is 11.5. The van der Waals surface area contributed by atoms with Crippen molar-refractivity contribution >= 4 is 6.03 Å². The molecule has 2 amide bonds. The molecule has 0 radical (unpaired) electrons. The highest BCUT2D eigenvalue weighted by Gasteiger charge is 2.26. The summed E-state index contributed by atoms with van der Waals surface area (Å²) in [6.45, 7) is 1.50. The lowest BCUT2D eigenvalue weighted by molar-refractivity contribution is 0.0993. The number of carbonyl (C=O) groups excluding carboxylic acids is 1. The quantitative estimate of drug-likeness (QED) is 0.934. The lowest BCUT2D eigenvalue weighted by atomic mass is 9.96. The first kappa shape index (κ1) is 15.1. The number of aromatic nitrogens is 1. The van der Waals surface area contributed by atoms with E-state index >= 15 is 0 Å². The Labute approximate surface area is 132 Å². The summed E-state index contributed by atoms with van der Waals surface area (Å²) in [5.74, 6) is 0.828. The third kappa shape index (κ3) is 4.12. The Morgan fingerprint density at radius 3 is 2.68 bits per heavy atom. The number of pyridine rings is 1. The highest BCUT2D eigenvalue weighted by molar-refractivity contribution is 5.74. The van der Waals surface area contributed by atoms with Crippen LogP contribution >= 0.6 is 0 Å². The minimum Gasteiger partial charge on any atom is -0.488 e. The van der Waals surface area contributed by atoms with Gasteiger partial charge in [0.05, 0.1) is 6.54 Å². The molecule has 2 aliphatic rings. The second kappa shape index (κ2) is 7.47. The fourth-order valence-corrected chi connectivity index (χ4v) is 3.34. The van der Waals surface area contributed by atoms with Crippen LogP contribution in [0.5, 0.6) is 5.75 Å². The molecule has 1 aromatic rings. The van der Waals surface area contributed by atoms with Crippen molar-refractivity contribution in [3.63, 3.8) is 0 Å². The van der Waals surface area contributed by atoms with E-state index < -0.39 is 0 Å². The first-order chi connectivity index (χ1) is 10.8. The minimum absolute atomic E-state index is 0.0771. The van der Waals surface area contributed by atoms with Gasteiger partial charge in [-0.15, -0.1) is 0 Å². The van der Waals surface area contributed by atoms with E-state index in [1.54, 1.807) is 12.4 Å². The van der Waals surface area contributed by atoms with Crippen LogP contribution in [0.15, 0.2) is 24.5 Å². The molecule has 1 aromatic heterocycles. The molecule has 2 heterocycles. The van der Waals surface area contributed by atoms with Crippen molar-refractivity contribution in [3.05, 3.63) is 24.5 Å². The highest BCUT2D eigenvalue weighted by Crippen LogP contribution is 2.20. The predicted octanol–water partition coefficient (Wildman–Crippen LogP) is 2.97. The van der Waals surface area contributed by atoms with Gasteiger partial charge < -0.3 is 15.0 Å². The third-order valence-electron chi connectivity index (χ3n) is 4.55. The summed E-state index contributed by atoms with van der Waals surface area (Å²) in [5, 5.41) is 3.19. The molecule has 1 saturated carbocycles. The molecule has 0 bridgehead atoms. The number of hydrogen-bond acceptors (Lipinski definition) is 3. The molecule has 0 spiro atoms. The number of rotatable bonds is 3. The van der Waals surface area contributed by atoms with Crippen LogP contribution in [0.4, 0.5) is 4.79 Å². The maximum absolute atomic E-state index is 12.4. The average Bonchev–Trinajstić information content (AvgIpc) is 2.57. The first-order valence-electron chi connectivity index (χ1n) is 8.43. The maximum atomic E-state index is 12.4. The average molecular weight is 303 g/mol. The van der Waals surface area contributed by atoms with E-state index in [2.05, 4.69) is 10.3 Å². The van der Waals surface area contributed by atoms with Gasteiger partial charge in [0, 0.05) is 25.0 Å². The zero-order valence-corrected chi connectivity index (χ0v) is 13.0. The van der Waals surface area contributed by atoms with E-state index in [-0.39, 0.29) is 12.1 Å². The van der Waals surface area contributed by atoms with Crippen molar-refractivity contribution in [3.8, 4) is 5.75 Å². The van der Waals surface area contributed by atoms with Crippen molar-refractivity contribution in [1.29, 1.82) is 0 Å². The summed E-state index contributed by atoms with van der Waals surface area (Å²) in [7, 11) is 0. The number of nitrogens with zero attached hydrogens (tertiary/aromatic N) is 2. The molecule has 1 aliphatic carbocycles. The molecular weight excluding hydrogens is 278 g/mol. The SMILES string of the molecule is O=C(NC1CCCCC1)N1CCCC(Oc2ccncc2)C1. The van der Waals surface area contributed by atoms with Crippen LogP contribution in [0.3, 0.4) is 0 Å². The van der Waals surface area contributed by atoms with Gasteiger partial charge in [0.25, 0.3) is 0 Å². The number of nitrogens with one attached hydrogen (secondary N) is 1. The molecule has 120 valence electrons. The van der Waals surface area contributed by atoms with Crippen LogP contribution in [-0.2, 0) is 0 Å². The molecular formula is C17H25N3O2. The lowest BCUT2D eigenvalue weighted by Gasteiger charge is -2.34. The van der Waals surface area contributed by atoms with Gasteiger partial charge in [-0.3, -0.25) is 4.98 Å². The lowest BCUT2D eigenvalue weighted by Crippen LogP contribution is -2.51. The van der Waals surface area contributed by atoms with Gasteiger partial charge in [-0.25, -0.2) is 4.79 Å². The van der Waals surface area contributed by atoms with Gasteiger partial charge in [0.1, 0.15) is 11.9 Å². The van der Waals surface area contributed by atoms with E-state index in [9.17, 15) is 4.79 Å². The Kier molecular flexibility index (Phi) is 5.14. The largest absolute Gasteiger partial charge is 0.488 e. The molecule has 5 nitrogen and oxygen atoms in total. The Morgan fingerprint density at radius 1 is 1.14 bits per heavy atom. The monoisotopic (exact) mass is 303 g/mol. The van der Waals surface area contributed by atoms with E-state index in [4.69, 9.17) is 4.74 Å². The Bertz CT molecular complexity index is 474. The van der Waals surface area contributed by atoms with Crippen LogP contribution in [-0.4, -0.2) is 41.2 Å². The van der Waals surface area contributed by atoms with Gasteiger partial charge in [-0.1, -0.05) is 19.3 Å². The topological polar surface area (TPSA) is 54.5 Å². The number of amides is 2. The molecule has 3 rings (SSSR count). The predicted molar refractivity (Wildman–Crippen MR) is 84.9 cm³/mol. The van der Waals surface area contributed by atoms with E-state index in [0.717, 1.165) is 38.0 Å². The van der Waals surface area contributed by atoms with E-state index in [1.807, 2.05) is 17.0 Å². The van der Waals surface area contributed by atoms with Crippen molar-refractivity contribution in [2.45, 2.75) is 57.1 Å². The summed E-state index contributed by atoms with van der Waals surface area (Å²) in [5.41, 5.74) is 0. The van der Waals surface area contributed by atoms with Crippen LogP contribution in [0, 0.1) is 0 Å². The van der Waals surface area contributed by atoms with Crippen molar-refractivity contribution < 1.29 is 9.53 Å². The summed E-state index contributed by atoms with van der Waals surface area (Å²) >= 11 is 0. The van der Waals surface area contributed by atoms with Crippen LogP contribution < -0.4 is 10.1 Å². The molecule has 1 unspecified atom stereocenters. The zero-order valence-electron chi connectivity index (χ0n) is 13.0. The molecule has 1 atom stereocenters. The number of likely N-dealkylation sites (tertiary alicyclic amines) is 1. The van der Waals surface area contributed by atoms with Gasteiger partial charge in [-0.05, 0) is 37.8 Å². The summed E-state index contributed by atoms with van der Waals surface area (Å²) in [4.78, 5) is 18.3. The van der Waals surface area contributed by atoms with Crippen molar-refractivity contribution in [2.24, 2.45) is 0 Å². The van der Waals surface area contributed by atoms with Gasteiger partial charge in [-0.2, -0.15) is 0 Å². The normalized spacial score (nSPS) is 23.1. The molecule has 1 saturated heterocycles. The molecule has 2 fully saturated rings. The van der Waals surface area contributed by atoms with Crippen LogP contribution in [0.1, 0.15) is 44.9 Å². The summed E-state index contributed by atoms with van der Waals surface area (Å²) < 4.78 is 5.96. The Balaban J connectivity index is 1.50. The molecule has 0 aromatic carbocycles. The molecule has 1 N–H and O–H groups in total. The number of urea groups is 1. The van der Waals surface area contributed by atoms with Crippen molar-refractivity contribution in [2.75, 3.05) is 13.1 Å². The molecule has 5 heteroatoms. The third-order valence-corrected chi connectivity index (χ3v) is 4.55. The van der Waals surface area contributed by atoms with Crippen LogP contribution in [0.2, 0.25) is 0 Å². The molecule has 1 aliphatic heterocycles. The second-order valence-electron chi connectivity index (χ2n) is 6.30. The van der Waals surface area contributed by atoms with Gasteiger partial charge >= 0.3 is 6.03 Å². The van der Waals surface area contributed by atoms with E-state index in [0.29, 0.717) is 12.6 Å². The Hall–Kier alpha value is -1.78. The number of ether oxygens (including phenoxy) is 1. The Morgan fingerprint density at radius 2 is 1.91 bits per heavy atom. The van der Waals surface area contributed by atoms with Crippen LogP contribution in [0.25, 0.3) is 0 Å². The number of hydrogen-bond donors (Lipinski definition) is 1. The standard InChI is InChI=1S/C17H25N3O2/c21-17(19-14-5-2-1-3-6-14)20-12-4-7-16(13-20)22-15-8-10-18-11-9-15/h8-11,14,16H,1-7,12-13H2,(H,19,21). The summed E-state index contributed by atoms with van der Waals surface area (Å²) in [6, 6.07) is 4.17. The van der Waals surface area contributed by atoms with Crippen molar-refractivity contribution in [1.82, 2.24) is 15.2 Å². The number of carbonyl (C=O) groups is 1.